The van der Waals surface area contributed by atoms with E-state index >= 15 is 0 Å². The predicted molar refractivity (Wildman–Crippen MR) is 90.7 cm³/mol. The van der Waals surface area contributed by atoms with Crippen molar-refractivity contribution in [2.45, 2.75) is 58.2 Å². The maximum Gasteiger partial charge on any atom is 0.0897 e. The summed E-state index contributed by atoms with van der Waals surface area (Å²) in [6.07, 6.45) is 3.57. The van der Waals surface area contributed by atoms with Crippen LogP contribution in [0.2, 0.25) is 0 Å². The van der Waals surface area contributed by atoms with E-state index in [2.05, 4.69) is 48.0 Å². The highest BCUT2D eigenvalue weighted by molar-refractivity contribution is 7.09. The third-order valence-corrected chi connectivity index (χ3v) is 5.76. The lowest BCUT2D eigenvalue weighted by molar-refractivity contribution is 0.0963. The van der Waals surface area contributed by atoms with Crippen molar-refractivity contribution in [2.75, 3.05) is 26.7 Å². The van der Waals surface area contributed by atoms with Crippen molar-refractivity contribution in [3.05, 3.63) is 16.1 Å². The molecule has 1 aromatic rings. The second-order valence-electron chi connectivity index (χ2n) is 6.63. The Morgan fingerprint density at radius 1 is 1.43 bits per heavy atom. The second kappa shape index (κ2) is 7.18. The number of likely N-dealkylation sites (N-methyl/N-ethyl adjacent to an activating group) is 1. The van der Waals surface area contributed by atoms with E-state index in [1.807, 2.05) is 0 Å². The molecule has 1 atom stereocenters. The van der Waals surface area contributed by atoms with Gasteiger partial charge in [0.05, 0.1) is 10.7 Å². The molecule has 0 aliphatic carbocycles. The van der Waals surface area contributed by atoms with Crippen LogP contribution in [-0.2, 0) is 6.54 Å². The van der Waals surface area contributed by atoms with Crippen molar-refractivity contribution in [3.8, 4) is 0 Å². The Hall–Kier alpha value is -0.490. The molecule has 2 heterocycles. The van der Waals surface area contributed by atoms with Gasteiger partial charge < -0.3 is 10.6 Å². The summed E-state index contributed by atoms with van der Waals surface area (Å²) >= 11 is 1.73. The molecule has 1 aliphatic heterocycles. The van der Waals surface area contributed by atoms with E-state index in [0.717, 1.165) is 31.1 Å². The summed E-state index contributed by atoms with van der Waals surface area (Å²) in [5.41, 5.74) is 7.52. The molecule has 0 aromatic carbocycles. The number of hydrogen-bond acceptors (Lipinski definition) is 5. The standard InChI is InChI=1S/C16H30N4S/c1-13(2)20-8-5-6-16(12-17,7-9-20)19(4)10-15-11-21-14(3)18-15/h11,13H,5-10,12,17H2,1-4H3. The van der Waals surface area contributed by atoms with Crippen molar-refractivity contribution >= 4 is 11.3 Å². The van der Waals surface area contributed by atoms with E-state index in [-0.39, 0.29) is 5.54 Å². The molecule has 5 heteroatoms. The number of rotatable bonds is 5. The van der Waals surface area contributed by atoms with Crippen molar-refractivity contribution in [1.82, 2.24) is 14.8 Å². The Bertz CT molecular complexity index is 445. The molecule has 2 rings (SSSR count). The molecule has 0 saturated carbocycles. The number of thiazole rings is 1. The van der Waals surface area contributed by atoms with Gasteiger partial charge in [-0.05, 0) is 53.6 Å². The topological polar surface area (TPSA) is 45.4 Å². The van der Waals surface area contributed by atoms with Crippen LogP contribution in [0.15, 0.2) is 5.38 Å². The number of aryl methyl sites for hydroxylation is 1. The summed E-state index contributed by atoms with van der Waals surface area (Å²) in [6, 6.07) is 0.630. The third kappa shape index (κ3) is 4.03. The van der Waals surface area contributed by atoms with Gasteiger partial charge in [-0.2, -0.15) is 0 Å². The lowest BCUT2D eigenvalue weighted by Crippen LogP contribution is -2.52. The molecule has 1 fully saturated rings. The van der Waals surface area contributed by atoms with E-state index in [1.54, 1.807) is 11.3 Å². The first-order valence-corrected chi connectivity index (χ1v) is 8.91. The summed E-state index contributed by atoms with van der Waals surface area (Å²) in [6.45, 7) is 10.6. The van der Waals surface area contributed by atoms with Crippen LogP contribution >= 0.6 is 11.3 Å². The van der Waals surface area contributed by atoms with Gasteiger partial charge in [0, 0.05) is 36.6 Å². The van der Waals surface area contributed by atoms with Crippen LogP contribution in [0.25, 0.3) is 0 Å². The summed E-state index contributed by atoms with van der Waals surface area (Å²) in [5, 5.41) is 3.32. The van der Waals surface area contributed by atoms with Gasteiger partial charge in [0.1, 0.15) is 0 Å². The number of nitrogens with zero attached hydrogens (tertiary/aromatic N) is 3. The summed E-state index contributed by atoms with van der Waals surface area (Å²) < 4.78 is 0. The second-order valence-corrected chi connectivity index (χ2v) is 7.69. The van der Waals surface area contributed by atoms with Crippen LogP contribution in [0.5, 0.6) is 0 Å². The molecule has 1 unspecified atom stereocenters. The fourth-order valence-electron chi connectivity index (χ4n) is 3.35. The molecule has 1 aliphatic rings. The van der Waals surface area contributed by atoms with Crippen LogP contribution in [0.1, 0.15) is 43.8 Å². The molecule has 21 heavy (non-hydrogen) atoms. The zero-order valence-electron chi connectivity index (χ0n) is 13.9. The molecule has 0 amide bonds. The number of nitrogens with two attached hydrogens (primary N) is 1. The first-order valence-electron chi connectivity index (χ1n) is 8.03. The molecular formula is C16H30N4S. The van der Waals surface area contributed by atoms with Crippen LogP contribution in [-0.4, -0.2) is 53.0 Å². The van der Waals surface area contributed by atoms with Crippen molar-refractivity contribution in [3.63, 3.8) is 0 Å². The monoisotopic (exact) mass is 310 g/mol. The van der Waals surface area contributed by atoms with Gasteiger partial charge in [-0.3, -0.25) is 4.90 Å². The maximum atomic E-state index is 6.21. The van der Waals surface area contributed by atoms with E-state index in [0.29, 0.717) is 6.04 Å². The summed E-state index contributed by atoms with van der Waals surface area (Å²) in [7, 11) is 2.21. The van der Waals surface area contributed by atoms with E-state index in [4.69, 9.17) is 5.73 Å². The quantitative estimate of drug-likeness (QED) is 0.907. The zero-order chi connectivity index (χ0) is 15.5. The third-order valence-electron chi connectivity index (χ3n) is 4.94. The number of aromatic nitrogens is 1. The van der Waals surface area contributed by atoms with Gasteiger partial charge in [0.25, 0.3) is 0 Å². The van der Waals surface area contributed by atoms with Crippen LogP contribution < -0.4 is 5.73 Å². The van der Waals surface area contributed by atoms with Crippen LogP contribution in [0, 0.1) is 6.92 Å². The molecule has 4 nitrogen and oxygen atoms in total. The average molecular weight is 311 g/mol. The Labute approximate surface area is 133 Å². The average Bonchev–Trinajstić information content (AvgIpc) is 2.74. The highest BCUT2D eigenvalue weighted by Crippen LogP contribution is 2.29. The normalized spacial score (nSPS) is 24.7. The Morgan fingerprint density at radius 2 is 2.19 bits per heavy atom. The van der Waals surface area contributed by atoms with Gasteiger partial charge in [-0.15, -0.1) is 11.3 Å². The predicted octanol–water partition coefficient (Wildman–Crippen LogP) is 2.48. The lowest BCUT2D eigenvalue weighted by atomic mass is 9.88. The first kappa shape index (κ1) is 16.9. The van der Waals surface area contributed by atoms with E-state index < -0.39 is 0 Å². The minimum absolute atomic E-state index is 0.126. The minimum atomic E-state index is 0.126. The zero-order valence-corrected chi connectivity index (χ0v) is 14.7. The van der Waals surface area contributed by atoms with Gasteiger partial charge in [0.15, 0.2) is 0 Å². The largest absolute Gasteiger partial charge is 0.329 e. The molecule has 1 aromatic heterocycles. The minimum Gasteiger partial charge on any atom is -0.329 e. The highest BCUT2D eigenvalue weighted by atomic mass is 32.1. The Kier molecular flexibility index (Phi) is 5.77. The van der Waals surface area contributed by atoms with Crippen LogP contribution in [0.4, 0.5) is 0 Å². The summed E-state index contributed by atoms with van der Waals surface area (Å²) in [4.78, 5) is 9.63. The fraction of sp³-hybridized carbons (Fsp3) is 0.812. The van der Waals surface area contributed by atoms with Gasteiger partial charge in [-0.1, -0.05) is 0 Å². The fourth-order valence-corrected chi connectivity index (χ4v) is 3.95. The Balaban J connectivity index is 2.05. The Morgan fingerprint density at radius 3 is 2.76 bits per heavy atom. The molecule has 0 bridgehead atoms. The van der Waals surface area contributed by atoms with E-state index in [9.17, 15) is 0 Å². The lowest BCUT2D eigenvalue weighted by Gasteiger charge is -2.40. The van der Waals surface area contributed by atoms with Crippen molar-refractivity contribution < 1.29 is 0 Å². The first-order chi connectivity index (χ1) is 9.97. The maximum absolute atomic E-state index is 6.21. The van der Waals surface area contributed by atoms with E-state index in [1.165, 1.54) is 25.1 Å². The highest BCUT2D eigenvalue weighted by Gasteiger charge is 2.35. The number of hydrogen-bond donors (Lipinski definition) is 1. The molecule has 120 valence electrons. The summed E-state index contributed by atoms with van der Waals surface area (Å²) in [5.74, 6) is 0. The van der Waals surface area contributed by atoms with Gasteiger partial charge in [-0.25, -0.2) is 4.98 Å². The van der Waals surface area contributed by atoms with Crippen molar-refractivity contribution in [2.24, 2.45) is 5.73 Å². The molecule has 0 spiro atoms. The molecule has 2 N–H and O–H groups in total. The smallest absolute Gasteiger partial charge is 0.0897 e. The molecule has 1 saturated heterocycles. The van der Waals surface area contributed by atoms with Gasteiger partial charge in [0.2, 0.25) is 0 Å². The van der Waals surface area contributed by atoms with Crippen LogP contribution in [0.3, 0.4) is 0 Å². The molecule has 0 radical (unpaired) electrons. The van der Waals surface area contributed by atoms with Gasteiger partial charge >= 0.3 is 0 Å². The van der Waals surface area contributed by atoms with Crippen molar-refractivity contribution in [1.29, 1.82) is 0 Å². The SMILES string of the molecule is Cc1nc(CN(C)C2(CN)CCCN(C(C)C)CC2)cs1. The number of likely N-dealkylation sites (tertiary alicyclic amines) is 1. The molecular weight excluding hydrogens is 280 g/mol.